The number of aliphatic hydroxyl groups excluding tert-OH is 1. The smallest absolute Gasteiger partial charge is 0.138 e. The number of aromatic nitrogens is 1. The fourth-order valence-electron chi connectivity index (χ4n) is 3.41. The minimum Gasteiger partial charge on any atom is -0.492 e. The molecule has 1 fully saturated rings. The van der Waals surface area contributed by atoms with Crippen LogP contribution in [-0.2, 0) is 6.42 Å². The average molecular weight is 316 g/mol. The van der Waals surface area contributed by atoms with Crippen LogP contribution in [0.4, 0.5) is 5.82 Å². The highest BCUT2D eigenvalue weighted by atomic mass is 16.5. The Bertz CT molecular complexity index is 564. The number of fused-ring (bicyclic) bond motifs is 1. The van der Waals surface area contributed by atoms with Crippen LogP contribution >= 0.6 is 0 Å². The summed E-state index contributed by atoms with van der Waals surface area (Å²) in [6.07, 6.45) is 6.92. The van der Waals surface area contributed by atoms with Gasteiger partial charge in [0.15, 0.2) is 0 Å². The van der Waals surface area contributed by atoms with Gasteiger partial charge in [0.2, 0.25) is 0 Å². The van der Waals surface area contributed by atoms with Crippen molar-refractivity contribution in [2.45, 2.75) is 52.0 Å². The number of pyridine rings is 1. The third kappa shape index (κ3) is 3.52. The van der Waals surface area contributed by atoms with Gasteiger partial charge in [-0.15, -0.1) is 0 Å². The molecular formula is C19H28N2O2. The number of allylic oxidation sites excluding steroid dienone is 1. The van der Waals surface area contributed by atoms with E-state index in [1.54, 1.807) is 0 Å². The van der Waals surface area contributed by atoms with E-state index < -0.39 is 0 Å². The summed E-state index contributed by atoms with van der Waals surface area (Å²) in [6.45, 7) is 9.68. The maximum atomic E-state index is 9.25. The second kappa shape index (κ2) is 6.91. The van der Waals surface area contributed by atoms with Crippen LogP contribution in [0.3, 0.4) is 0 Å². The molecule has 1 aromatic heterocycles. The number of rotatable bonds is 6. The Balaban J connectivity index is 1.71. The molecule has 1 saturated carbocycles. The summed E-state index contributed by atoms with van der Waals surface area (Å²) < 4.78 is 5.84. The molecule has 1 aromatic rings. The first-order chi connectivity index (χ1) is 11.1. The van der Waals surface area contributed by atoms with Crippen molar-refractivity contribution in [2.75, 3.05) is 18.1 Å². The minimum atomic E-state index is 0.291. The van der Waals surface area contributed by atoms with Crippen LogP contribution in [0.2, 0.25) is 0 Å². The molecule has 0 radical (unpaired) electrons. The molecule has 1 aliphatic carbocycles. The van der Waals surface area contributed by atoms with Crippen LogP contribution in [0.15, 0.2) is 24.5 Å². The molecule has 4 nitrogen and oxygen atoms in total. The molecule has 0 spiro atoms. The van der Waals surface area contributed by atoms with E-state index in [-0.39, 0.29) is 0 Å². The van der Waals surface area contributed by atoms with Gasteiger partial charge in [-0.05, 0) is 55.6 Å². The van der Waals surface area contributed by atoms with Crippen LogP contribution in [0.5, 0.6) is 5.75 Å². The van der Waals surface area contributed by atoms with Crippen molar-refractivity contribution in [1.29, 1.82) is 0 Å². The van der Waals surface area contributed by atoms with E-state index in [9.17, 15) is 5.11 Å². The second-order valence-corrected chi connectivity index (χ2v) is 7.29. The molecule has 0 amide bonds. The number of hydrogen-bond acceptors (Lipinski definition) is 4. The van der Waals surface area contributed by atoms with Crippen LogP contribution in [0.1, 0.15) is 45.1 Å². The summed E-state index contributed by atoms with van der Waals surface area (Å²) in [5.41, 5.74) is 2.41. The van der Waals surface area contributed by atoms with Crippen LogP contribution in [-0.4, -0.2) is 29.3 Å². The zero-order valence-electron chi connectivity index (χ0n) is 14.3. The molecule has 4 heteroatoms. The van der Waals surface area contributed by atoms with E-state index in [4.69, 9.17) is 4.74 Å². The molecule has 0 unspecified atom stereocenters. The van der Waals surface area contributed by atoms with Gasteiger partial charge in [-0.25, -0.2) is 4.98 Å². The zero-order valence-corrected chi connectivity index (χ0v) is 14.3. The SMILES string of the molecule is C=C1CCc2cc(OCCC(C)C)cnc2N1[C@H]1C[C@@H](CO)C1. The maximum absolute atomic E-state index is 9.25. The van der Waals surface area contributed by atoms with Crippen molar-refractivity contribution < 1.29 is 9.84 Å². The number of ether oxygens (including phenoxy) is 1. The molecular weight excluding hydrogens is 288 g/mol. The molecule has 0 aromatic carbocycles. The third-order valence-corrected chi connectivity index (χ3v) is 4.97. The molecule has 126 valence electrons. The maximum Gasteiger partial charge on any atom is 0.138 e. The predicted molar refractivity (Wildman–Crippen MR) is 92.7 cm³/mol. The van der Waals surface area contributed by atoms with Gasteiger partial charge >= 0.3 is 0 Å². The van der Waals surface area contributed by atoms with E-state index >= 15 is 0 Å². The van der Waals surface area contributed by atoms with Crippen molar-refractivity contribution in [2.24, 2.45) is 11.8 Å². The highest BCUT2D eigenvalue weighted by molar-refractivity contribution is 5.58. The van der Waals surface area contributed by atoms with Crippen molar-refractivity contribution in [1.82, 2.24) is 4.98 Å². The van der Waals surface area contributed by atoms with Crippen LogP contribution < -0.4 is 9.64 Å². The Hall–Kier alpha value is -1.55. The number of aliphatic hydroxyl groups is 1. The summed E-state index contributed by atoms with van der Waals surface area (Å²) in [5.74, 6) is 3.01. The summed E-state index contributed by atoms with van der Waals surface area (Å²) in [5, 5.41) is 9.25. The predicted octanol–water partition coefficient (Wildman–Crippen LogP) is 3.54. The Morgan fingerprint density at radius 2 is 2.17 bits per heavy atom. The van der Waals surface area contributed by atoms with Gasteiger partial charge in [0.05, 0.1) is 12.8 Å². The molecule has 23 heavy (non-hydrogen) atoms. The Morgan fingerprint density at radius 1 is 1.39 bits per heavy atom. The summed E-state index contributed by atoms with van der Waals surface area (Å²) in [4.78, 5) is 6.97. The van der Waals surface area contributed by atoms with Crippen molar-refractivity contribution in [3.05, 3.63) is 30.1 Å². The fraction of sp³-hybridized carbons (Fsp3) is 0.632. The van der Waals surface area contributed by atoms with E-state index in [2.05, 4.69) is 36.4 Å². The highest BCUT2D eigenvalue weighted by Gasteiger charge is 2.37. The van der Waals surface area contributed by atoms with Crippen molar-refractivity contribution >= 4 is 5.82 Å². The summed E-state index contributed by atoms with van der Waals surface area (Å²) in [6, 6.07) is 2.59. The lowest BCUT2D eigenvalue weighted by atomic mass is 9.79. The molecule has 3 rings (SSSR count). The van der Waals surface area contributed by atoms with E-state index in [1.807, 2.05) is 6.20 Å². The van der Waals surface area contributed by atoms with Crippen LogP contribution in [0, 0.1) is 11.8 Å². The Morgan fingerprint density at radius 3 is 2.87 bits per heavy atom. The van der Waals surface area contributed by atoms with Gasteiger partial charge in [0, 0.05) is 18.3 Å². The van der Waals surface area contributed by atoms with E-state index in [0.717, 1.165) is 56.0 Å². The number of hydrogen-bond donors (Lipinski definition) is 1. The number of aryl methyl sites for hydroxylation is 1. The molecule has 0 bridgehead atoms. The molecule has 1 N–H and O–H groups in total. The van der Waals surface area contributed by atoms with Crippen molar-refractivity contribution in [3.8, 4) is 5.75 Å². The fourth-order valence-corrected chi connectivity index (χ4v) is 3.41. The van der Waals surface area contributed by atoms with Gasteiger partial charge in [0.25, 0.3) is 0 Å². The lowest BCUT2D eigenvalue weighted by Gasteiger charge is -2.46. The molecule has 2 aliphatic rings. The monoisotopic (exact) mass is 316 g/mol. The first kappa shape index (κ1) is 16.3. The summed E-state index contributed by atoms with van der Waals surface area (Å²) >= 11 is 0. The first-order valence-corrected chi connectivity index (χ1v) is 8.78. The second-order valence-electron chi connectivity index (χ2n) is 7.29. The van der Waals surface area contributed by atoms with Crippen LogP contribution in [0.25, 0.3) is 0 Å². The first-order valence-electron chi connectivity index (χ1n) is 8.78. The largest absolute Gasteiger partial charge is 0.492 e. The minimum absolute atomic E-state index is 0.291. The average Bonchev–Trinajstić information content (AvgIpc) is 2.48. The third-order valence-electron chi connectivity index (χ3n) is 4.97. The van der Waals surface area contributed by atoms with Gasteiger partial charge in [-0.1, -0.05) is 20.4 Å². The normalized spacial score (nSPS) is 23.7. The lowest BCUT2D eigenvalue weighted by molar-refractivity contribution is 0.141. The summed E-state index contributed by atoms with van der Waals surface area (Å²) in [7, 11) is 0. The standard InChI is InChI=1S/C19H28N2O2/c1-13(2)6-7-23-18-10-16-5-4-14(3)21(19(16)20-11-18)17-8-15(9-17)12-22/h10-11,13,15,17,22H,3-9,12H2,1-2H3/t15-,17+. The van der Waals surface area contributed by atoms with Gasteiger partial charge in [0.1, 0.15) is 11.6 Å². The highest BCUT2D eigenvalue weighted by Crippen LogP contribution is 2.41. The number of nitrogens with zero attached hydrogens (tertiary/aromatic N) is 2. The van der Waals surface area contributed by atoms with Crippen molar-refractivity contribution in [3.63, 3.8) is 0 Å². The Kier molecular flexibility index (Phi) is 4.90. The topological polar surface area (TPSA) is 45.6 Å². The quantitative estimate of drug-likeness (QED) is 0.872. The van der Waals surface area contributed by atoms with E-state index in [1.165, 1.54) is 5.56 Å². The molecule has 1 aliphatic heterocycles. The Labute approximate surface area is 139 Å². The van der Waals surface area contributed by atoms with Gasteiger partial charge < -0.3 is 14.7 Å². The number of anilines is 1. The van der Waals surface area contributed by atoms with Gasteiger partial charge in [-0.3, -0.25) is 0 Å². The lowest BCUT2D eigenvalue weighted by Crippen LogP contribution is -2.47. The van der Waals surface area contributed by atoms with Gasteiger partial charge in [-0.2, -0.15) is 0 Å². The zero-order chi connectivity index (χ0) is 16.4. The molecule has 0 saturated heterocycles. The van der Waals surface area contributed by atoms with E-state index in [0.29, 0.717) is 24.5 Å². The molecule has 0 atom stereocenters. The molecule has 2 heterocycles.